The highest BCUT2D eigenvalue weighted by Crippen LogP contribution is 2.07. The van der Waals surface area contributed by atoms with Crippen LogP contribution in [0.1, 0.15) is 33.6 Å². The molecule has 94 valence electrons. The normalized spacial score (nSPS) is 11.0. The Hall–Kier alpha value is -1.58. The van der Waals surface area contributed by atoms with Gasteiger partial charge in [0.1, 0.15) is 5.75 Å². The Labute approximate surface area is 102 Å². The molecule has 0 aromatic carbocycles. The second kappa shape index (κ2) is 6.23. The van der Waals surface area contributed by atoms with E-state index in [1.54, 1.807) is 12.4 Å². The van der Waals surface area contributed by atoms with Crippen molar-refractivity contribution >= 4 is 5.91 Å². The van der Waals surface area contributed by atoms with Crippen LogP contribution in [0.2, 0.25) is 0 Å². The molecule has 0 aliphatic rings. The first kappa shape index (κ1) is 13.5. The monoisotopic (exact) mass is 236 g/mol. The molecule has 0 aliphatic carbocycles. The van der Waals surface area contributed by atoms with Crippen LogP contribution in [-0.4, -0.2) is 23.0 Å². The maximum Gasteiger partial charge on any atom is 0.220 e. The third-order valence-corrected chi connectivity index (χ3v) is 1.97. The fraction of sp³-hybridized carbons (Fsp3) is 0.538. The zero-order valence-corrected chi connectivity index (χ0v) is 10.7. The summed E-state index contributed by atoms with van der Waals surface area (Å²) in [6.45, 7) is 6.44. The number of carbonyl (C=O) groups is 1. The molecule has 1 aromatic heterocycles. The number of nitrogens with one attached hydrogen (secondary N) is 1. The van der Waals surface area contributed by atoms with E-state index in [1.807, 2.05) is 32.9 Å². The lowest BCUT2D eigenvalue weighted by atomic mass is 10.1. The minimum absolute atomic E-state index is 0.0623. The van der Waals surface area contributed by atoms with Gasteiger partial charge >= 0.3 is 0 Å². The fourth-order valence-corrected chi connectivity index (χ4v) is 1.34. The van der Waals surface area contributed by atoms with E-state index in [2.05, 4.69) is 10.3 Å². The smallest absolute Gasteiger partial charge is 0.220 e. The first-order chi connectivity index (χ1) is 7.97. The number of amides is 1. The van der Waals surface area contributed by atoms with Crippen molar-refractivity contribution in [1.82, 2.24) is 10.3 Å². The summed E-state index contributed by atoms with van der Waals surface area (Å²) in [4.78, 5) is 15.4. The Morgan fingerprint density at radius 3 is 2.82 bits per heavy atom. The molecule has 0 spiro atoms. The van der Waals surface area contributed by atoms with Crippen LogP contribution in [-0.2, 0) is 4.79 Å². The van der Waals surface area contributed by atoms with Gasteiger partial charge in [0.25, 0.3) is 0 Å². The minimum Gasteiger partial charge on any atom is -0.492 e. The minimum atomic E-state index is -0.165. The number of nitrogens with zero attached hydrogens (tertiary/aromatic N) is 1. The van der Waals surface area contributed by atoms with Gasteiger partial charge in [-0.15, -0.1) is 0 Å². The molecule has 1 N–H and O–H groups in total. The van der Waals surface area contributed by atoms with Crippen molar-refractivity contribution in [3.05, 3.63) is 24.5 Å². The lowest BCUT2D eigenvalue weighted by Crippen LogP contribution is -2.40. The summed E-state index contributed by atoms with van der Waals surface area (Å²) in [5, 5.41) is 2.91. The second-order valence-corrected chi connectivity index (χ2v) is 4.94. The van der Waals surface area contributed by atoms with Crippen LogP contribution in [0.3, 0.4) is 0 Å². The van der Waals surface area contributed by atoms with Gasteiger partial charge in [0.05, 0.1) is 12.8 Å². The molecule has 0 saturated carbocycles. The highest BCUT2D eigenvalue weighted by atomic mass is 16.5. The zero-order valence-electron chi connectivity index (χ0n) is 10.7. The molecular formula is C13H20N2O2. The summed E-state index contributed by atoms with van der Waals surface area (Å²) in [5.74, 6) is 0.802. The Kier molecular flexibility index (Phi) is 4.94. The lowest BCUT2D eigenvalue weighted by Gasteiger charge is -2.20. The molecule has 0 bridgehead atoms. The summed E-state index contributed by atoms with van der Waals surface area (Å²) in [6, 6.07) is 3.67. The molecular weight excluding hydrogens is 216 g/mol. The molecule has 17 heavy (non-hydrogen) atoms. The summed E-state index contributed by atoms with van der Waals surface area (Å²) in [6.07, 6.45) is 4.55. The SMILES string of the molecule is CC(C)(C)NC(=O)CCCOc1cccnc1. The van der Waals surface area contributed by atoms with Crippen LogP contribution >= 0.6 is 0 Å². The van der Waals surface area contributed by atoms with Crippen LogP contribution in [0.5, 0.6) is 5.75 Å². The van der Waals surface area contributed by atoms with E-state index >= 15 is 0 Å². The van der Waals surface area contributed by atoms with Gasteiger partial charge in [-0.1, -0.05) is 0 Å². The van der Waals surface area contributed by atoms with Gasteiger partial charge in [-0.25, -0.2) is 0 Å². The lowest BCUT2D eigenvalue weighted by molar-refractivity contribution is -0.122. The molecule has 0 fully saturated rings. The maximum atomic E-state index is 11.5. The highest BCUT2D eigenvalue weighted by molar-refractivity contribution is 5.76. The largest absolute Gasteiger partial charge is 0.492 e. The van der Waals surface area contributed by atoms with E-state index in [-0.39, 0.29) is 11.4 Å². The summed E-state index contributed by atoms with van der Waals surface area (Å²) < 4.78 is 5.44. The number of pyridine rings is 1. The van der Waals surface area contributed by atoms with Crippen LogP contribution in [0.15, 0.2) is 24.5 Å². The van der Waals surface area contributed by atoms with Gasteiger partial charge in [0, 0.05) is 18.2 Å². The van der Waals surface area contributed by atoms with Crippen LogP contribution in [0.25, 0.3) is 0 Å². The Morgan fingerprint density at radius 1 is 1.47 bits per heavy atom. The molecule has 0 aliphatic heterocycles. The number of ether oxygens (including phenoxy) is 1. The van der Waals surface area contributed by atoms with Gasteiger partial charge in [-0.3, -0.25) is 9.78 Å². The molecule has 1 rings (SSSR count). The number of rotatable bonds is 5. The fourth-order valence-electron chi connectivity index (χ4n) is 1.34. The molecule has 1 heterocycles. The van der Waals surface area contributed by atoms with Crippen molar-refractivity contribution < 1.29 is 9.53 Å². The second-order valence-electron chi connectivity index (χ2n) is 4.94. The maximum absolute atomic E-state index is 11.5. The van der Waals surface area contributed by atoms with Gasteiger partial charge < -0.3 is 10.1 Å². The van der Waals surface area contributed by atoms with Gasteiger partial charge in [0.15, 0.2) is 0 Å². The first-order valence-corrected chi connectivity index (χ1v) is 5.81. The molecule has 0 unspecified atom stereocenters. The number of hydrogen-bond donors (Lipinski definition) is 1. The molecule has 4 heteroatoms. The van der Waals surface area contributed by atoms with Crippen molar-refractivity contribution in [3.63, 3.8) is 0 Å². The third-order valence-electron chi connectivity index (χ3n) is 1.97. The Bertz CT molecular complexity index is 344. The Morgan fingerprint density at radius 2 is 2.24 bits per heavy atom. The predicted octanol–water partition coefficient (Wildman–Crippen LogP) is 2.16. The van der Waals surface area contributed by atoms with E-state index in [1.165, 1.54) is 0 Å². The molecule has 1 aromatic rings. The van der Waals surface area contributed by atoms with E-state index in [9.17, 15) is 4.79 Å². The molecule has 0 saturated heterocycles. The third kappa shape index (κ3) is 6.56. The van der Waals surface area contributed by atoms with Crippen molar-refractivity contribution in [2.45, 2.75) is 39.2 Å². The molecule has 1 amide bonds. The van der Waals surface area contributed by atoms with Crippen LogP contribution in [0, 0.1) is 0 Å². The zero-order chi connectivity index (χ0) is 12.7. The van der Waals surface area contributed by atoms with Crippen molar-refractivity contribution in [3.8, 4) is 5.75 Å². The van der Waals surface area contributed by atoms with E-state index < -0.39 is 0 Å². The molecule has 4 nitrogen and oxygen atoms in total. The number of hydrogen-bond acceptors (Lipinski definition) is 3. The van der Waals surface area contributed by atoms with Gasteiger partial charge in [-0.2, -0.15) is 0 Å². The molecule has 0 radical (unpaired) electrons. The average molecular weight is 236 g/mol. The quantitative estimate of drug-likeness (QED) is 0.797. The van der Waals surface area contributed by atoms with E-state index in [4.69, 9.17) is 4.74 Å². The highest BCUT2D eigenvalue weighted by Gasteiger charge is 2.12. The topological polar surface area (TPSA) is 51.2 Å². The van der Waals surface area contributed by atoms with Crippen LogP contribution < -0.4 is 10.1 Å². The Balaban J connectivity index is 2.14. The number of aromatic nitrogens is 1. The van der Waals surface area contributed by atoms with E-state index in [0.29, 0.717) is 19.4 Å². The van der Waals surface area contributed by atoms with Crippen molar-refractivity contribution in [1.29, 1.82) is 0 Å². The summed E-state index contributed by atoms with van der Waals surface area (Å²) in [5.41, 5.74) is -0.165. The standard InChI is InChI=1S/C13H20N2O2/c1-13(2,3)15-12(16)7-5-9-17-11-6-4-8-14-10-11/h4,6,8,10H,5,7,9H2,1-3H3,(H,15,16). The summed E-state index contributed by atoms with van der Waals surface area (Å²) in [7, 11) is 0. The van der Waals surface area contributed by atoms with Crippen molar-refractivity contribution in [2.75, 3.05) is 6.61 Å². The van der Waals surface area contributed by atoms with Gasteiger partial charge in [-0.05, 0) is 39.3 Å². The van der Waals surface area contributed by atoms with Crippen molar-refractivity contribution in [2.24, 2.45) is 0 Å². The average Bonchev–Trinajstić information content (AvgIpc) is 2.23. The predicted molar refractivity (Wildman–Crippen MR) is 66.9 cm³/mol. The first-order valence-electron chi connectivity index (χ1n) is 5.81. The van der Waals surface area contributed by atoms with E-state index in [0.717, 1.165) is 5.75 Å². The molecule has 0 atom stereocenters. The van der Waals surface area contributed by atoms with Gasteiger partial charge in [0.2, 0.25) is 5.91 Å². The summed E-state index contributed by atoms with van der Waals surface area (Å²) >= 11 is 0. The van der Waals surface area contributed by atoms with Crippen LogP contribution in [0.4, 0.5) is 0 Å². The number of carbonyl (C=O) groups excluding carboxylic acids is 1.